The van der Waals surface area contributed by atoms with Gasteiger partial charge >= 0.3 is 12.2 Å². The summed E-state index contributed by atoms with van der Waals surface area (Å²) in [6, 6.07) is 0. The van der Waals surface area contributed by atoms with Crippen LogP contribution in [-0.4, -0.2) is 28.8 Å². The van der Waals surface area contributed by atoms with E-state index < -0.39 is 12.2 Å². The van der Waals surface area contributed by atoms with Gasteiger partial charge in [-0.2, -0.15) is 0 Å². The van der Waals surface area contributed by atoms with Crippen molar-refractivity contribution in [2.75, 3.05) is 0 Å². The largest absolute Gasteiger partial charge is 0.445 e. The molecule has 4 bridgehead atoms. The van der Waals surface area contributed by atoms with E-state index in [1.54, 1.807) is 0 Å². The van der Waals surface area contributed by atoms with E-state index in [1.807, 2.05) is 0 Å². The lowest BCUT2D eigenvalue weighted by Gasteiger charge is -2.61. The Hall–Kier alpha value is -0.970. The quantitative estimate of drug-likeness (QED) is 0.534. The highest BCUT2D eigenvalue weighted by molar-refractivity contribution is 6.28. The van der Waals surface area contributed by atoms with Crippen LogP contribution >= 0.6 is 11.8 Å². The van der Waals surface area contributed by atoms with Crippen LogP contribution in [0.1, 0.15) is 67.2 Å². The van der Waals surface area contributed by atoms with Gasteiger partial charge in [0.25, 0.3) is 0 Å². The van der Waals surface area contributed by atoms with Crippen LogP contribution < -0.4 is 0 Å². The van der Waals surface area contributed by atoms with Gasteiger partial charge in [-0.3, -0.25) is 0 Å². The fourth-order valence-electron chi connectivity index (χ4n) is 6.94. The van der Waals surface area contributed by atoms with Crippen molar-refractivity contribution in [3.63, 3.8) is 0 Å². The fraction of sp³-hybridized carbons (Fsp3) is 0.909. The van der Waals surface area contributed by atoms with Crippen molar-refractivity contribution in [2.45, 2.75) is 79.4 Å². The molecular formula is C22H34ClNO4. The number of hydrogen-bond donors (Lipinski definition) is 0. The summed E-state index contributed by atoms with van der Waals surface area (Å²) in [6.45, 7) is 13.4. The van der Waals surface area contributed by atoms with Gasteiger partial charge in [0.15, 0.2) is 0 Å². The van der Waals surface area contributed by atoms with Crippen LogP contribution in [0.15, 0.2) is 0 Å². The Morgan fingerprint density at radius 1 is 0.786 bits per heavy atom. The number of carbonyl (C=O) groups excluding carboxylic acids is 2. The lowest BCUT2D eigenvalue weighted by molar-refractivity contribution is -0.160. The van der Waals surface area contributed by atoms with E-state index in [0.717, 1.165) is 12.8 Å². The zero-order chi connectivity index (χ0) is 20.6. The maximum atomic E-state index is 12.5. The van der Waals surface area contributed by atoms with Gasteiger partial charge in [0.05, 0.1) is 0 Å². The molecule has 0 spiro atoms. The second-order valence-corrected chi connectivity index (χ2v) is 11.4. The number of hydrogen-bond acceptors (Lipinski definition) is 4. The first-order valence-corrected chi connectivity index (χ1v) is 11.2. The smallest absolute Gasteiger partial charge is 0.434 e. The van der Waals surface area contributed by atoms with Crippen molar-refractivity contribution < 1.29 is 19.1 Å². The molecule has 6 heteroatoms. The molecule has 0 aromatic carbocycles. The average Bonchev–Trinajstić information content (AvgIpc) is 2.63. The average molecular weight is 412 g/mol. The van der Waals surface area contributed by atoms with Gasteiger partial charge in [0.2, 0.25) is 0 Å². The lowest BCUT2D eigenvalue weighted by atomic mass is 9.45. The number of rotatable bonds is 2. The molecule has 6 saturated carbocycles. The Kier molecular flexibility index (Phi) is 4.73. The molecule has 6 fully saturated rings. The number of fused-ring (bicyclic) bond motifs is 4. The van der Waals surface area contributed by atoms with E-state index in [0.29, 0.717) is 38.9 Å². The van der Waals surface area contributed by atoms with E-state index in [2.05, 4.69) is 41.5 Å². The maximum absolute atomic E-state index is 12.5. The highest BCUT2D eigenvalue weighted by Gasteiger charge is 2.58. The molecule has 0 aromatic heterocycles. The molecule has 0 aromatic rings. The van der Waals surface area contributed by atoms with E-state index in [-0.39, 0.29) is 24.0 Å². The van der Waals surface area contributed by atoms with Crippen LogP contribution in [0, 0.1) is 46.3 Å². The van der Waals surface area contributed by atoms with Crippen molar-refractivity contribution in [1.29, 1.82) is 0 Å². The molecule has 6 aliphatic rings. The lowest BCUT2D eigenvalue weighted by Crippen LogP contribution is -2.58. The van der Waals surface area contributed by atoms with Crippen LogP contribution in [0.2, 0.25) is 0 Å². The summed E-state index contributed by atoms with van der Waals surface area (Å²) in [7, 11) is 0. The Morgan fingerprint density at radius 2 is 1.14 bits per heavy atom. The number of carbonyl (C=O) groups is 2. The summed E-state index contributed by atoms with van der Waals surface area (Å²) < 4.78 is 11.7. The second kappa shape index (κ2) is 6.52. The predicted octanol–water partition coefficient (Wildman–Crippen LogP) is 5.86. The molecule has 0 N–H and O–H groups in total. The molecule has 5 nitrogen and oxygen atoms in total. The standard InChI is InChI=1S/C22H34ClNO4/c1-11-15-7-13(21(15,3)4)9-17(11)27-19(25)24(23)20(26)28-18-10-14-8-16(12(18)2)22(14,5)6/h11-18H,7-10H2,1-6H3/t11-,12-,13+,14+,15-,16-,17-,18-/m0/s1. The van der Waals surface area contributed by atoms with Crippen LogP contribution in [-0.2, 0) is 9.47 Å². The molecule has 6 rings (SSSR count). The summed E-state index contributed by atoms with van der Waals surface area (Å²) in [4.78, 5) is 24.9. The molecule has 0 radical (unpaired) electrons. The van der Waals surface area contributed by atoms with E-state index in [9.17, 15) is 9.59 Å². The van der Waals surface area contributed by atoms with Crippen LogP contribution in [0.25, 0.3) is 0 Å². The van der Waals surface area contributed by atoms with Crippen molar-refractivity contribution in [3.8, 4) is 0 Å². The zero-order valence-electron chi connectivity index (χ0n) is 17.9. The first-order valence-electron chi connectivity index (χ1n) is 10.8. The molecule has 8 atom stereocenters. The molecule has 0 unspecified atom stereocenters. The Labute approximate surface area is 173 Å². The first-order chi connectivity index (χ1) is 12.9. The number of ether oxygens (including phenoxy) is 2. The highest BCUT2D eigenvalue weighted by Crippen LogP contribution is 2.62. The molecule has 0 saturated heterocycles. The number of nitrogens with zero attached hydrogens (tertiary/aromatic N) is 1. The number of imide groups is 1. The van der Waals surface area contributed by atoms with Crippen LogP contribution in [0.4, 0.5) is 9.59 Å². The van der Waals surface area contributed by atoms with Gasteiger partial charge in [0, 0.05) is 11.8 Å². The van der Waals surface area contributed by atoms with Crippen LogP contribution in [0.3, 0.4) is 0 Å². The van der Waals surface area contributed by atoms with E-state index >= 15 is 0 Å². The summed E-state index contributed by atoms with van der Waals surface area (Å²) in [5, 5.41) is 0. The minimum Gasteiger partial charge on any atom is -0.445 e. The minimum atomic E-state index is -0.809. The van der Waals surface area contributed by atoms with Crippen molar-refractivity contribution >= 4 is 24.0 Å². The summed E-state index contributed by atoms with van der Waals surface area (Å²) in [6.07, 6.45) is 2.11. The summed E-state index contributed by atoms with van der Waals surface area (Å²) in [5.41, 5.74) is 0.626. The maximum Gasteiger partial charge on any atom is 0.434 e. The molecule has 0 aliphatic heterocycles. The van der Waals surface area contributed by atoms with Gasteiger partial charge in [-0.05, 0) is 72.0 Å². The van der Waals surface area contributed by atoms with Crippen molar-refractivity contribution in [1.82, 2.24) is 4.42 Å². The third-order valence-corrected chi connectivity index (χ3v) is 9.67. The zero-order valence-corrected chi connectivity index (χ0v) is 18.7. The highest BCUT2D eigenvalue weighted by atomic mass is 35.5. The SMILES string of the molecule is C[C@@H]1[C@@H](OC(=O)N(Cl)C(=O)O[C@H]2C[C@H]3C[C@@H]([C@@H]2C)C3(C)C)C[C@H]2C[C@@H]1C2(C)C. The third-order valence-electron chi connectivity index (χ3n) is 9.39. The van der Waals surface area contributed by atoms with Gasteiger partial charge in [0.1, 0.15) is 12.2 Å². The minimum absolute atomic E-state index is 0.180. The van der Waals surface area contributed by atoms with Crippen LogP contribution in [0.5, 0.6) is 0 Å². The van der Waals surface area contributed by atoms with Gasteiger partial charge in [-0.25, -0.2) is 9.59 Å². The molecule has 158 valence electrons. The topological polar surface area (TPSA) is 55.8 Å². The van der Waals surface area contributed by atoms with Gasteiger partial charge < -0.3 is 9.47 Å². The monoisotopic (exact) mass is 411 g/mol. The van der Waals surface area contributed by atoms with Gasteiger partial charge in [-0.15, -0.1) is 4.42 Å². The molecule has 0 heterocycles. The third kappa shape index (κ3) is 2.86. The normalized spacial score (nSPS) is 44.5. The Morgan fingerprint density at radius 3 is 1.43 bits per heavy atom. The summed E-state index contributed by atoms with van der Waals surface area (Å²) >= 11 is 6.01. The van der Waals surface area contributed by atoms with Crippen molar-refractivity contribution in [3.05, 3.63) is 0 Å². The van der Waals surface area contributed by atoms with E-state index in [1.165, 1.54) is 12.8 Å². The van der Waals surface area contributed by atoms with Crippen molar-refractivity contribution in [2.24, 2.45) is 46.3 Å². The number of amides is 2. The molecular weight excluding hydrogens is 378 g/mol. The molecule has 28 heavy (non-hydrogen) atoms. The molecule has 2 amide bonds. The second-order valence-electron chi connectivity index (χ2n) is 11.0. The molecule has 6 aliphatic carbocycles. The fourth-order valence-corrected chi connectivity index (χ4v) is 7.02. The first kappa shape index (κ1) is 20.3. The summed E-state index contributed by atoms with van der Waals surface area (Å²) in [5.74, 6) is 2.80. The predicted molar refractivity (Wildman–Crippen MR) is 107 cm³/mol. The van der Waals surface area contributed by atoms with E-state index in [4.69, 9.17) is 21.3 Å². The Balaban J connectivity index is 1.30. The Bertz CT molecular complexity index is 621. The van der Waals surface area contributed by atoms with Gasteiger partial charge in [-0.1, -0.05) is 41.5 Å². The number of halogens is 1.